The number of nitrogens with zero attached hydrogens (tertiary/aromatic N) is 1. The summed E-state index contributed by atoms with van der Waals surface area (Å²) < 4.78 is 1.11. The monoisotopic (exact) mass is 264 g/mol. The van der Waals surface area contributed by atoms with Gasteiger partial charge in [0.1, 0.15) is 6.54 Å². The lowest BCUT2D eigenvalue weighted by Gasteiger charge is -2.30. The van der Waals surface area contributed by atoms with Gasteiger partial charge in [-0.3, -0.25) is 0 Å². The maximum atomic E-state index is 2.35. The fourth-order valence-electron chi connectivity index (χ4n) is 2.48. The highest BCUT2D eigenvalue weighted by Crippen LogP contribution is 2.12. The number of benzene rings is 1. The summed E-state index contributed by atoms with van der Waals surface area (Å²) in [7, 11) is 4.69. The molecule has 19 heavy (non-hydrogen) atoms. The smallest absolute Gasteiger partial charge is 0.104 e. The second kappa shape index (κ2) is 10.0. The number of quaternary nitrogens is 1. The van der Waals surface area contributed by atoms with Gasteiger partial charge in [0, 0.05) is 5.56 Å². The molecule has 0 saturated carbocycles. The van der Waals surface area contributed by atoms with E-state index in [9.17, 15) is 0 Å². The SMILES string of the molecule is C.CCCCCCCC[N+](C)(C)Cc1ccccc1. The Kier molecular flexibility index (Phi) is 9.59. The highest BCUT2D eigenvalue weighted by Gasteiger charge is 2.14. The first kappa shape index (κ1) is 18.2. The van der Waals surface area contributed by atoms with Crippen molar-refractivity contribution in [2.24, 2.45) is 0 Å². The largest absolute Gasteiger partial charge is 0.325 e. The Labute approximate surface area is 121 Å². The van der Waals surface area contributed by atoms with Gasteiger partial charge < -0.3 is 4.48 Å². The number of hydrogen-bond acceptors (Lipinski definition) is 0. The molecule has 1 nitrogen and oxygen atoms in total. The Morgan fingerprint density at radius 3 is 2.05 bits per heavy atom. The normalized spacial score (nSPS) is 11.1. The molecule has 0 aromatic heterocycles. The molecule has 0 saturated heterocycles. The van der Waals surface area contributed by atoms with Crippen LogP contribution in [0.25, 0.3) is 0 Å². The van der Waals surface area contributed by atoms with Gasteiger partial charge in [0.15, 0.2) is 0 Å². The van der Waals surface area contributed by atoms with Crippen molar-refractivity contribution in [3.05, 3.63) is 35.9 Å². The molecule has 0 amide bonds. The van der Waals surface area contributed by atoms with Crippen LogP contribution in [0, 0.1) is 0 Å². The molecular weight excluding hydrogens is 230 g/mol. The van der Waals surface area contributed by atoms with Gasteiger partial charge in [-0.15, -0.1) is 0 Å². The van der Waals surface area contributed by atoms with Crippen LogP contribution in [0.5, 0.6) is 0 Å². The lowest BCUT2D eigenvalue weighted by atomic mass is 10.1. The minimum absolute atomic E-state index is 0. The molecular formula is C18H34N+. The number of rotatable bonds is 9. The van der Waals surface area contributed by atoms with Gasteiger partial charge in [-0.25, -0.2) is 0 Å². The number of hydrogen-bond donors (Lipinski definition) is 0. The van der Waals surface area contributed by atoms with Crippen molar-refractivity contribution in [1.29, 1.82) is 0 Å². The fraction of sp³-hybridized carbons (Fsp3) is 0.667. The molecule has 0 atom stereocenters. The van der Waals surface area contributed by atoms with Crippen molar-refractivity contribution in [2.45, 2.75) is 59.4 Å². The maximum absolute atomic E-state index is 2.35. The van der Waals surface area contributed by atoms with E-state index in [1.54, 1.807) is 0 Å². The first-order chi connectivity index (χ1) is 8.64. The first-order valence-electron chi connectivity index (χ1n) is 7.50. The van der Waals surface area contributed by atoms with Crippen LogP contribution in [0.3, 0.4) is 0 Å². The second-order valence-electron chi connectivity index (χ2n) is 6.07. The van der Waals surface area contributed by atoms with Gasteiger partial charge in [0.2, 0.25) is 0 Å². The molecule has 0 fully saturated rings. The molecule has 1 rings (SSSR count). The van der Waals surface area contributed by atoms with Gasteiger partial charge in [-0.1, -0.05) is 70.4 Å². The molecule has 0 aliphatic heterocycles. The minimum atomic E-state index is 0. The Balaban J connectivity index is 0.00000324. The van der Waals surface area contributed by atoms with E-state index in [1.165, 1.54) is 50.6 Å². The summed E-state index contributed by atoms with van der Waals surface area (Å²) in [6.45, 7) is 4.72. The third kappa shape index (κ3) is 8.83. The Hall–Kier alpha value is -0.820. The summed E-state index contributed by atoms with van der Waals surface area (Å²) >= 11 is 0. The van der Waals surface area contributed by atoms with Crippen LogP contribution < -0.4 is 0 Å². The van der Waals surface area contributed by atoms with E-state index < -0.39 is 0 Å². The van der Waals surface area contributed by atoms with E-state index in [0.29, 0.717) is 0 Å². The molecule has 0 aliphatic rings. The van der Waals surface area contributed by atoms with Gasteiger partial charge >= 0.3 is 0 Å². The standard InChI is InChI=1S/C17H30N.CH4/c1-4-5-6-7-8-12-15-18(2,3)16-17-13-10-9-11-14-17;/h9-11,13-14H,4-8,12,15-16H2,1-3H3;1H4/q+1;. The van der Waals surface area contributed by atoms with Gasteiger partial charge in [-0.2, -0.15) is 0 Å². The van der Waals surface area contributed by atoms with Crippen LogP contribution >= 0.6 is 0 Å². The minimum Gasteiger partial charge on any atom is -0.325 e. The highest BCUT2D eigenvalue weighted by atomic mass is 15.3. The zero-order valence-electron chi connectivity index (χ0n) is 12.5. The molecule has 1 aromatic carbocycles. The van der Waals surface area contributed by atoms with Crippen LogP contribution in [0.1, 0.15) is 58.4 Å². The Morgan fingerprint density at radius 2 is 1.42 bits per heavy atom. The summed E-state index contributed by atoms with van der Waals surface area (Å²) in [6.07, 6.45) is 8.35. The Morgan fingerprint density at radius 1 is 0.842 bits per heavy atom. The maximum Gasteiger partial charge on any atom is 0.104 e. The second-order valence-corrected chi connectivity index (χ2v) is 6.07. The van der Waals surface area contributed by atoms with Gasteiger partial charge in [0.05, 0.1) is 20.6 Å². The zero-order chi connectivity index (χ0) is 13.3. The molecule has 0 radical (unpaired) electrons. The van der Waals surface area contributed by atoms with Crippen molar-refractivity contribution in [1.82, 2.24) is 0 Å². The van der Waals surface area contributed by atoms with Crippen LogP contribution in [0.4, 0.5) is 0 Å². The van der Waals surface area contributed by atoms with Crippen molar-refractivity contribution in [3.8, 4) is 0 Å². The van der Waals surface area contributed by atoms with Gasteiger partial charge in [-0.05, 0) is 12.8 Å². The average Bonchev–Trinajstić information content (AvgIpc) is 2.34. The van der Waals surface area contributed by atoms with E-state index in [2.05, 4.69) is 51.4 Å². The molecule has 0 aliphatic carbocycles. The van der Waals surface area contributed by atoms with E-state index >= 15 is 0 Å². The van der Waals surface area contributed by atoms with Crippen molar-refractivity contribution < 1.29 is 4.48 Å². The predicted octanol–water partition coefficient (Wildman–Crippen LogP) is 5.26. The topological polar surface area (TPSA) is 0 Å². The molecule has 0 unspecified atom stereocenters. The number of unbranched alkanes of at least 4 members (excludes halogenated alkanes) is 5. The van der Waals surface area contributed by atoms with Gasteiger partial charge in [0.25, 0.3) is 0 Å². The lowest BCUT2D eigenvalue weighted by Crippen LogP contribution is -2.39. The van der Waals surface area contributed by atoms with Crippen LogP contribution in [0.15, 0.2) is 30.3 Å². The molecule has 0 spiro atoms. The molecule has 1 heteroatoms. The molecule has 0 N–H and O–H groups in total. The summed E-state index contributed by atoms with van der Waals surface area (Å²) in [6, 6.07) is 10.8. The predicted molar refractivity (Wildman–Crippen MR) is 87.2 cm³/mol. The van der Waals surface area contributed by atoms with Crippen molar-refractivity contribution >= 4 is 0 Å². The molecule has 0 bridgehead atoms. The Bertz CT molecular complexity index is 303. The van der Waals surface area contributed by atoms with E-state index in [4.69, 9.17) is 0 Å². The van der Waals surface area contributed by atoms with Crippen molar-refractivity contribution in [2.75, 3.05) is 20.6 Å². The van der Waals surface area contributed by atoms with E-state index in [-0.39, 0.29) is 7.43 Å². The zero-order valence-corrected chi connectivity index (χ0v) is 12.5. The first-order valence-corrected chi connectivity index (χ1v) is 7.50. The summed E-state index contributed by atoms with van der Waals surface area (Å²) in [5.74, 6) is 0. The third-order valence-corrected chi connectivity index (χ3v) is 3.57. The van der Waals surface area contributed by atoms with Crippen molar-refractivity contribution in [3.63, 3.8) is 0 Å². The quantitative estimate of drug-likeness (QED) is 0.421. The summed E-state index contributed by atoms with van der Waals surface area (Å²) in [4.78, 5) is 0. The van der Waals surface area contributed by atoms with E-state index in [1.807, 2.05) is 0 Å². The average molecular weight is 264 g/mol. The molecule has 1 aromatic rings. The van der Waals surface area contributed by atoms with Crippen LogP contribution in [0.2, 0.25) is 0 Å². The van der Waals surface area contributed by atoms with Crippen LogP contribution in [-0.2, 0) is 6.54 Å². The third-order valence-electron chi connectivity index (χ3n) is 3.57. The fourth-order valence-corrected chi connectivity index (χ4v) is 2.48. The summed E-state index contributed by atoms with van der Waals surface area (Å²) in [5.41, 5.74) is 1.45. The summed E-state index contributed by atoms with van der Waals surface area (Å²) in [5, 5.41) is 0. The molecule has 110 valence electrons. The highest BCUT2D eigenvalue weighted by molar-refractivity contribution is 5.13. The molecule has 0 heterocycles. The lowest BCUT2D eigenvalue weighted by molar-refractivity contribution is -0.903. The van der Waals surface area contributed by atoms with Crippen LogP contribution in [-0.4, -0.2) is 25.1 Å². The van der Waals surface area contributed by atoms with E-state index in [0.717, 1.165) is 11.0 Å².